The fraction of sp³-hybridized carbons (Fsp3) is 0.345. The number of esters is 2. The zero-order valence-corrected chi connectivity index (χ0v) is 20.7. The normalized spacial score (nSPS) is 18.3. The molecule has 0 N–H and O–H groups in total. The molecule has 6 heteroatoms. The van der Waals surface area contributed by atoms with Gasteiger partial charge in [0, 0.05) is 13.0 Å². The highest BCUT2D eigenvalue weighted by atomic mass is 16.5. The van der Waals surface area contributed by atoms with Gasteiger partial charge >= 0.3 is 11.9 Å². The Kier molecular flexibility index (Phi) is 7.03. The van der Waals surface area contributed by atoms with Crippen LogP contribution in [0, 0.1) is 5.41 Å². The van der Waals surface area contributed by atoms with E-state index in [2.05, 4.69) is 29.2 Å². The minimum absolute atomic E-state index is 0.0209. The zero-order valence-electron chi connectivity index (χ0n) is 20.7. The summed E-state index contributed by atoms with van der Waals surface area (Å²) in [6, 6.07) is 20.2. The van der Waals surface area contributed by atoms with Gasteiger partial charge in [0.15, 0.2) is 11.2 Å². The number of rotatable bonds is 5. The third kappa shape index (κ3) is 4.46. The number of ketones is 1. The third-order valence-electron chi connectivity index (χ3n) is 7.24. The van der Waals surface area contributed by atoms with Crippen molar-refractivity contribution in [3.8, 4) is 0 Å². The van der Waals surface area contributed by atoms with Crippen LogP contribution in [0.2, 0.25) is 0 Å². The molecule has 1 aliphatic heterocycles. The van der Waals surface area contributed by atoms with E-state index in [1.54, 1.807) is 6.92 Å². The molecule has 0 spiro atoms. The van der Waals surface area contributed by atoms with Crippen LogP contribution in [-0.2, 0) is 23.9 Å². The van der Waals surface area contributed by atoms with E-state index in [-0.39, 0.29) is 31.2 Å². The van der Waals surface area contributed by atoms with Gasteiger partial charge in [-0.15, -0.1) is 0 Å². The van der Waals surface area contributed by atoms with Gasteiger partial charge in [0.2, 0.25) is 0 Å². The average molecular weight is 474 g/mol. The molecule has 6 nitrogen and oxygen atoms in total. The maximum atomic E-state index is 13.5. The Balaban J connectivity index is 1.82. The number of ether oxygens (including phenoxy) is 2. The van der Waals surface area contributed by atoms with Crippen LogP contribution in [0.25, 0.3) is 0 Å². The van der Waals surface area contributed by atoms with Gasteiger partial charge in [-0.1, -0.05) is 66.2 Å². The minimum Gasteiger partial charge on any atom is -0.468 e. The van der Waals surface area contributed by atoms with Gasteiger partial charge < -0.3 is 9.47 Å². The molecule has 0 amide bonds. The molecule has 1 heterocycles. The number of methoxy groups -OCH3 is 2. The van der Waals surface area contributed by atoms with E-state index in [4.69, 9.17) is 9.47 Å². The van der Waals surface area contributed by atoms with Gasteiger partial charge in [-0.3, -0.25) is 19.3 Å². The van der Waals surface area contributed by atoms with Crippen molar-refractivity contribution >= 4 is 17.7 Å². The van der Waals surface area contributed by atoms with E-state index in [1.807, 2.05) is 43.3 Å². The quantitative estimate of drug-likeness (QED) is 0.473. The summed E-state index contributed by atoms with van der Waals surface area (Å²) in [4.78, 5) is 41.4. The molecule has 1 aliphatic carbocycles. The highest BCUT2D eigenvalue weighted by Gasteiger charge is 2.55. The molecule has 0 aromatic heterocycles. The molecule has 0 atom stereocenters. The Labute approximate surface area is 206 Å². The molecule has 1 fully saturated rings. The monoisotopic (exact) mass is 473 g/mol. The maximum absolute atomic E-state index is 13.5. The largest absolute Gasteiger partial charge is 0.468 e. The summed E-state index contributed by atoms with van der Waals surface area (Å²) in [7, 11) is 2.54. The van der Waals surface area contributed by atoms with Crippen LogP contribution in [-0.4, -0.2) is 49.9 Å². The summed E-state index contributed by atoms with van der Waals surface area (Å²) < 4.78 is 10.0. The van der Waals surface area contributed by atoms with Crippen molar-refractivity contribution in [2.45, 2.75) is 32.7 Å². The number of carbonyl (C=O) groups excluding carboxylic acids is 3. The fourth-order valence-electron chi connectivity index (χ4n) is 5.40. The van der Waals surface area contributed by atoms with Crippen LogP contribution >= 0.6 is 0 Å². The average Bonchev–Trinajstić information content (AvgIpc) is 3.30. The van der Waals surface area contributed by atoms with E-state index in [0.717, 1.165) is 27.8 Å². The standard InChI is InChI=1S/C29H31NO5/c1-19-17-30(26(21-11-7-5-8-12-21)22-13-9-6-10-14-22)18-25(31)20(2)24-16-29(15-23(19)24,27(32)34-3)28(33)35-4/h5-14,26H,15-18H2,1-4H3. The SMILES string of the molecule is COC(=O)C1(C(=O)OC)CC2=C(C)CN(C(c3ccccc3)c3ccccc3)CC(=O)C(C)=C2C1. The number of benzene rings is 2. The number of carbonyl (C=O) groups is 3. The third-order valence-corrected chi connectivity index (χ3v) is 7.24. The van der Waals surface area contributed by atoms with E-state index in [9.17, 15) is 14.4 Å². The van der Waals surface area contributed by atoms with Crippen molar-refractivity contribution in [3.63, 3.8) is 0 Å². The Bertz CT molecular complexity index is 1140. The molecule has 0 bridgehead atoms. The first-order valence-electron chi connectivity index (χ1n) is 11.7. The molecule has 0 saturated heterocycles. The number of hydrogen-bond acceptors (Lipinski definition) is 6. The Morgan fingerprint density at radius 3 is 1.77 bits per heavy atom. The Morgan fingerprint density at radius 2 is 1.29 bits per heavy atom. The first-order chi connectivity index (χ1) is 16.8. The lowest BCUT2D eigenvalue weighted by Crippen LogP contribution is -2.39. The second kappa shape index (κ2) is 10.0. The summed E-state index contributed by atoms with van der Waals surface area (Å²) in [5, 5.41) is 0. The van der Waals surface area contributed by atoms with Crippen LogP contribution in [0.5, 0.6) is 0 Å². The number of fused-ring (bicyclic) bond motifs is 1. The predicted octanol–water partition coefficient (Wildman–Crippen LogP) is 4.42. The van der Waals surface area contributed by atoms with Crippen LogP contribution in [0.4, 0.5) is 0 Å². The predicted molar refractivity (Wildman–Crippen MR) is 132 cm³/mol. The minimum atomic E-state index is -1.47. The molecule has 4 rings (SSSR count). The smallest absolute Gasteiger partial charge is 0.323 e. The molecule has 182 valence electrons. The fourth-order valence-corrected chi connectivity index (χ4v) is 5.40. The molecular weight excluding hydrogens is 442 g/mol. The second-order valence-electron chi connectivity index (χ2n) is 9.33. The highest BCUT2D eigenvalue weighted by molar-refractivity contribution is 6.04. The highest BCUT2D eigenvalue weighted by Crippen LogP contribution is 2.50. The zero-order chi connectivity index (χ0) is 25.2. The topological polar surface area (TPSA) is 72.9 Å². The summed E-state index contributed by atoms with van der Waals surface area (Å²) in [5.74, 6) is -1.28. The van der Waals surface area contributed by atoms with Crippen molar-refractivity contribution in [1.29, 1.82) is 0 Å². The van der Waals surface area contributed by atoms with Gasteiger partial charge in [-0.2, -0.15) is 0 Å². The van der Waals surface area contributed by atoms with Gasteiger partial charge in [0.25, 0.3) is 0 Å². The Hall–Kier alpha value is -3.51. The molecule has 2 aromatic rings. The van der Waals surface area contributed by atoms with Gasteiger partial charge in [-0.05, 0) is 48.1 Å². The van der Waals surface area contributed by atoms with Crippen LogP contribution in [0.3, 0.4) is 0 Å². The summed E-state index contributed by atoms with van der Waals surface area (Å²) in [6.45, 7) is 4.55. The second-order valence-corrected chi connectivity index (χ2v) is 9.33. The molecular formula is C29H31NO5. The number of allylic oxidation sites excluding steroid dienone is 2. The molecule has 0 radical (unpaired) electrons. The maximum Gasteiger partial charge on any atom is 0.323 e. The van der Waals surface area contributed by atoms with Gasteiger partial charge in [0.1, 0.15) is 0 Å². The van der Waals surface area contributed by atoms with E-state index < -0.39 is 17.4 Å². The molecule has 35 heavy (non-hydrogen) atoms. The summed E-state index contributed by atoms with van der Waals surface area (Å²) >= 11 is 0. The summed E-state index contributed by atoms with van der Waals surface area (Å²) in [6.07, 6.45) is 0.269. The van der Waals surface area contributed by atoms with E-state index in [1.165, 1.54) is 14.2 Å². The van der Waals surface area contributed by atoms with Gasteiger partial charge in [0.05, 0.1) is 26.8 Å². The van der Waals surface area contributed by atoms with Crippen molar-refractivity contribution < 1.29 is 23.9 Å². The van der Waals surface area contributed by atoms with Gasteiger partial charge in [-0.25, -0.2) is 0 Å². The van der Waals surface area contributed by atoms with Crippen molar-refractivity contribution in [2.75, 3.05) is 27.3 Å². The molecule has 2 aliphatic rings. The number of hydrogen-bond donors (Lipinski definition) is 0. The summed E-state index contributed by atoms with van der Waals surface area (Å²) in [5.41, 5.74) is 3.96. The lowest BCUT2D eigenvalue weighted by molar-refractivity contribution is -0.168. The van der Waals surface area contributed by atoms with Crippen molar-refractivity contribution in [2.24, 2.45) is 5.41 Å². The van der Waals surface area contributed by atoms with Crippen LogP contribution in [0.15, 0.2) is 83.0 Å². The van der Waals surface area contributed by atoms with E-state index in [0.29, 0.717) is 12.1 Å². The first-order valence-corrected chi connectivity index (χ1v) is 11.7. The molecule has 0 unspecified atom stereocenters. The first kappa shape index (κ1) is 24.6. The van der Waals surface area contributed by atoms with Crippen molar-refractivity contribution in [1.82, 2.24) is 4.90 Å². The van der Waals surface area contributed by atoms with Crippen LogP contribution in [0.1, 0.15) is 43.9 Å². The Morgan fingerprint density at radius 1 is 0.800 bits per heavy atom. The van der Waals surface area contributed by atoms with Crippen molar-refractivity contribution in [3.05, 3.63) is 94.1 Å². The lowest BCUT2D eigenvalue weighted by Gasteiger charge is -2.34. The van der Waals surface area contributed by atoms with E-state index >= 15 is 0 Å². The number of Topliss-reactive ketones (excluding diaryl/α,β-unsaturated/α-hetero) is 1. The number of nitrogens with zero attached hydrogens (tertiary/aromatic N) is 1. The molecule has 2 aromatic carbocycles. The molecule has 1 saturated carbocycles. The van der Waals surface area contributed by atoms with Crippen LogP contribution < -0.4 is 0 Å². The lowest BCUT2D eigenvalue weighted by atomic mass is 9.85.